The van der Waals surface area contributed by atoms with Gasteiger partial charge in [0.25, 0.3) is 0 Å². The first-order valence-electron chi connectivity index (χ1n) is 1.48. The molecule has 0 spiro atoms. The normalized spacial score (nSPS) is 7.83. The van der Waals surface area contributed by atoms with E-state index in [1.807, 2.05) is 0 Å². The van der Waals surface area contributed by atoms with Gasteiger partial charge < -0.3 is 0 Å². The minimum atomic E-state index is 0.338. The highest BCUT2D eigenvalue weighted by Gasteiger charge is 1.74. The Morgan fingerprint density at radius 3 is 2.17 bits per heavy atom. The molecular formula is C3H5Cl2P. The molecule has 1 unspecified atom stereocenters. The Bertz CT molecular complexity index is 55.8. The molecule has 0 fully saturated rings. The summed E-state index contributed by atoms with van der Waals surface area (Å²) in [5, 5.41) is 0. The zero-order valence-corrected chi connectivity index (χ0v) is 5.78. The SMILES string of the molecule is PCC=C(Cl)Cl. The maximum absolute atomic E-state index is 5.19. The van der Waals surface area contributed by atoms with Crippen molar-refractivity contribution in [1.82, 2.24) is 0 Å². The van der Waals surface area contributed by atoms with Gasteiger partial charge in [-0.1, -0.05) is 29.3 Å². The highest BCUT2D eigenvalue weighted by Crippen LogP contribution is 2.05. The Kier molecular flexibility index (Phi) is 4.41. The van der Waals surface area contributed by atoms with Gasteiger partial charge >= 0.3 is 0 Å². The van der Waals surface area contributed by atoms with Crippen molar-refractivity contribution in [2.75, 3.05) is 6.16 Å². The predicted molar refractivity (Wildman–Crippen MR) is 34.4 cm³/mol. The summed E-state index contributed by atoms with van der Waals surface area (Å²) < 4.78 is 0.338. The highest BCUT2D eigenvalue weighted by atomic mass is 35.5. The van der Waals surface area contributed by atoms with Gasteiger partial charge in [-0.2, -0.15) is 0 Å². The van der Waals surface area contributed by atoms with Crippen molar-refractivity contribution in [3.05, 3.63) is 10.6 Å². The van der Waals surface area contributed by atoms with E-state index in [9.17, 15) is 0 Å². The zero-order chi connectivity index (χ0) is 4.99. The summed E-state index contributed by atoms with van der Waals surface area (Å²) in [5.74, 6) is 0. The first-order valence-corrected chi connectivity index (χ1v) is 3.06. The second-order valence-corrected chi connectivity index (χ2v) is 2.21. The lowest BCUT2D eigenvalue weighted by molar-refractivity contribution is 1.80. The average Bonchev–Trinajstić information content (AvgIpc) is 1.35. The van der Waals surface area contributed by atoms with Crippen LogP contribution in [0.3, 0.4) is 0 Å². The molecule has 0 saturated carbocycles. The van der Waals surface area contributed by atoms with Crippen LogP contribution in [-0.4, -0.2) is 6.16 Å². The average molecular weight is 143 g/mol. The molecule has 0 aromatic carbocycles. The molecule has 0 radical (unpaired) electrons. The van der Waals surface area contributed by atoms with Crippen molar-refractivity contribution in [3.8, 4) is 0 Å². The standard InChI is InChI=1S/C3H5Cl2P/c4-3(5)1-2-6/h1H,2,6H2. The van der Waals surface area contributed by atoms with Crippen molar-refractivity contribution in [2.45, 2.75) is 0 Å². The lowest BCUT2D eigenvalue weighted by Gasteiger charge is -1.74. The van der Waals surface area contributed by atoms with Crippen LogP contribution in [0.4, 0.5) is 0 Å². The fourth-order valence-corrected chi connectivity index (χ4v) is 0.802. The maximum Gasteiger partial charge on any atom is 0.103 e. The van der Waals surface area contributed by atoms with Gasteiger partial charge in [-0.05, 0) is 6.16 Å². The van der Waals surface area contributed by atoms with Crippen molar-refractivity contribution < 1.29 is 0 Å². The summed E-state index contributed by atoms with van der Waals surface area (Å²) in [6.07, 6.45) is 2.52. The molecular weight excluding hydrogens is 138 g/mol. The second kappa shape index (κ2) is 3.92. The molecule has 0 aromatic heterocycles. The third-order valence-electron chi connectivity index (χ3n) is 0.272. The van der Waals surface area contributed by atoms with E-state index in [1.165, 1.54) is 0 Å². The Labute approximate surface area is 49.7 Å². The van der Waals surface area contributed by atoms with Crippen LogP contribution >= 0.6 is 32.4 Å². The lowest BCUT2D eigenvalue weighted by atomic mass is 10.8. The quantitative estimate of drug-likeness (QED) is 0.493. The van der Waals surface area contributed by atoms with Crippen molar-refractivity contribution in [2.24, 2.45) is 0 Å². The largest absolute Gasteiger partial charge is 0.134 e. The molecule has 0 aliphatic heterocycles. The minimum absolute atomic E-state index is 0.338. The van der Waals surface area contributed by atoms with Crippen LogP contribution in [-0.2, 0) is 0 Å². The summed E-state index contributed by atoms with van der Waals surface area (Å²) in [6.45, 7) is 0. The summed E-state index contributed by atoms with van der Waals surface area (Å²) in [5.41, 5.74) is 0. The zero-order valence-electron chi connectivity index (χ0n) is 3.12. The molecule has 0 saturated heterocycles. The van der Waals surface area contributed by atoms with E-state index in [0.717, 1.165) is 6.16 Å². The lowest BCUT2D eigenvalue weighted by Crippen LogP contribution is -1.54. The van der Waals surface area contributed by atoms with Crippen LogP contribution in [0.1, 0.15) is 0 Å². The first-order chi connectivity index (χ1) is 2.77. The smallest absolute Gasteiger partial charge is 0.103 e. The van der Waals surface area contributed by atoms with Crippen LogP contribution in [0, 0.1) is 0 Å². The molecule has 36 valence electrons. The van der Waals surface area contributed by atoms with Gasteiger partial charge in [-0.3, -0.25) is 0 Å². The van der Waals surface area contributed by atoms with E-state index >= 15 is 0 Å². The van der Waals surface area contributed by atoms with Crippen LogP contribution < -0.4 is 0 Å². The van der Waals surface area contributed by atoms with E-state index in [4.69, 9.17) is 23.2 Å². The summed E-state index contributed by atoms with van der Waals surface area (Å²) >= 11 is 10.4. The molecule has 0 aliphatic rings. The fraction of sp³-hybridized carbons (Fsp3) is 0.333. The van der Waals surface area contributed by atoms with E-state index in [0.29, 0.717) is 4.49 Å². The van der Waals surface area contributed by atoms with Crippen LogP contribution in [0.5, 0.6) is 0 Å². The molecule has 1 atom stereocenters. The van der Waals surface area contributed by atoms with Gasteiger partial charge in [0.2, 0.25) is 0 Å². The molecule has 0 bridgehead atoms. The van der Waals surface area contributed by atoms with Crippen LogP contribution in [0.15, 0.2) is 10.6 Å². The maximum atomic E-state index is 5.19. The molecule has 0 nitrogen and oxygen atoms in total. The van der Waals surface area contributed by atoms with Gasteiger partial charge in [0, 0.05) is 0 Å². The number of allylic oxidation sites excluding steroid dienone is 1. The minimum Gasteiger partial charge on any atom is -0.134 e. The predicted octanol–water partition coefficient (Wildman–Crippen LogP) is 2.18. The second-order valence-electron chi connectivity index (χ2n) is 0.729. The summed E-state index contributed by atoms with van der Waals surface area (Å²) in [4.78, 5) is 0. The van der Waals surface area contributed by atoms with Gasteiger partial charge in [-0.15, -0.1) is 9.24 Å². The summed E-state index contributed by atoms with van der Waals surface area (Å²) in [7, 11) is 2.48. The molecule has 0 amide bonds. The Morgan fingerprint density at radius 2 is 2.17 bits per heavy atom. The van der Waals surface area contributed by atoms with Crippen LogP contribution in [0.25, 0.3) is 0 Å². The monoisotopic (exact) mass is 142 g/mol. The molecule has 0 aliphatic carbocycles. The van der Waals surface area contributed by atoms with Crippen molar-refractivity contribution in [3.63, 3.8) is 0 Å². The molecule has 0 aromatic rings. The molecule has 6 heavy (non-hydrogen) atoms. The topological polar surface area (TPSA) is 0 Å². The molecule has 0 N–H and O–H groups in total. The Balaban J connectivity index is 3.14. The summed E-state index contributed by atoms with van der Waals surface area (Å²) in [6, 6.07) is 0. The van der Waals surface area contributed by atoms with E-state index in [2.05, 4.69) is 9.24 Å². The van der Waals surface area contributed by atoms with Gasteiger partial charge in [-0.25, -0.2) is 0 Å². The third kappa shape index (κ3) is 4.75. The first kappa shape index (κ1) is 6.75. The Hall–Kier alpha value is 0.750. The third-order valence-corrected chi connectivity index (χ3v) is 0.816. The van der Waals surface area contributed by atoms with Crippen molar-refractivity contribution >= 4 is 32.4 Å². The molecule has 3 heteroatoms. The van der Waals surface area contributed by atoms with Gasteiger partial charge in [0.15, 0.2) is 0 Å². The number of rotatable bonds is 1. The van der Waals surface area contributed by atoms with Gasteiger partial charge in [0.1, 0.15) is 4.49 Å². The number of hydrogen-bond donors (Lipinski definition) is 0. The van der Waals surface area contributed by atoms with E-state index in [1.54, 1.807) is 6.08 Å². The highest BCUT2D eigenvalue weighted by molar-refractivity contribution is 7.16. The van der Waals surface area contributed by atoms with E-state index in [-0.39, 0.29) is 0 Å². The van der Waals surface area contributed by atoms with Gasteiger partial charge in [0.05, 0.1) is 0 Å². The fourth-order valence-electron chi connectivity index (χ4n) is 0.0891. The van der Waals surface area contributed by atoms with Crippen LogP contribution in [0.2, 0.25) is 0 Å². The molecule has 0 heterocycles. The Morgan fingerprint density at radius 1 is 1.67 bits per heavy atom. The van der Waals surface area contributed by atoms with Crippen molar-refractivity contribution in [1.29, 1.82) is 0 Å². The van der Waals surface area contributed by atoms with E-state index < -0.39 is 0 Å². The molecule has 0 rings (SSSR count). The number of halogens is 2. The number of hydrogen-bond acceptors (Lipinski definition) is 0.